The average Bonchev–Trinajstić information content (AvgIpc) is 2.47. The maximum atomic E-state index is 10.5. The van der Waals surface area contributed by atoms with Crippen LogP contribution in [-0.2, 0) is 11.3 Å². The van der Waals surface area contributed by atoms with E-state index in [0.29, 0.717) is 0 Å². The van der Waals surface area contributed by atoms with Crippen molar-refractivity contribution in [3.8, 4) is 0 Å². The van der Waals surface area contributed by atoms with E-state index in [4.69, 9.17) is 5.11 Å². The Balaban J connectivity index is 2.55. The quantitative estimate of drug-likeness (QED) is 0.779. The summed E-state index contributed by atoms with van der Waals surface area (Å²) >= 11 is 0. The molecule has 0 amide bonds. The van der Waals surface area contributed by atoms with Gasteiger partial charge in [0.15, 0.2) is 0 Å². The molecule has 0 atom stereocenters. The lowest BCUT2D eigenvalue weighted by atomic mass is 10.2. The van der Waals surface area contributed by atoms with Crippen LogP contribution in [-0.4, -0.2) is 20.9 Å². The molecule has 0 saturated heterocycles. The minimum absolute atomic E-state index is 0.0903. The van der Waals surface area contributed by atoms with Gasteiger partial charge in [0.1, 0.15) is 6.54 Å². The Bertz CT molecular complexity index is 488. The van der Waals surface area contributed by atoms with Gasteiger partial charge in [-0.15, -0.1) is 0 Å². The Morgan fingerprint density at radius 3 is 3.07 bits per heavy atom. The number of aryl methyl sites for hydroxylation is 1. The van der Waals surface area contributed by atoms with Gasteiger partial charge in [-0.3, -0.25) is 9.48 Å². The average molecular weight is 190 g/mol. The Hall–Kier alpha value is -1.84. The van der Waals surface area contributed by atoms with Crippen molar-refractivity contribution >= 4 is 16.9 Å². The van der Waals surface area contributed by atoms with E-state index in [1.54, 1.807) is 6.20 Å². The summed E-state index contributed by atoms with van der Waals surface area (Å²) in [4.78, 5) is 10.5. The predicted molar refractivity (Wildman–Crippen MR) is 52.1 cm³/mol. The Morgan fingerprint density at radius 2 is 2.36 bits per heavy atom. The molecule has 0 radical (unpaired) electrons. The highest BCUT2D eigenvalue weighted by Gasteiger charge is 2.05. The third-order valence-corrected chi connectivity index (χ3v) is 2.09. The highest BCUT2D eigenvalue weighted by Crippen LogP contribution is 2.14. The standard InChI is InChI=1S/C10H10N2O2/c1-7-2-3-8-5-11-12(6-10(13)14)9(8)4-7/h2-5H,6H2,1H3,(H,13,14). The number of carbonyl (C=O) groups is 1. The van der Waals surface area contributed by atoms with Crippen molar-refractivity contribution in [2.75, 3.05) is 0 Å². The van der Waals surface area contributed by atoms with Crippen LogP contribution >= 0.6 is 0 Å². The Labute approximate surface area is 80.8 Å². The largest absolute Gasteiger partial charge is 0.480 e. The van der Waals surface area contributed by atoms with E-state index in [0.717, 1.165) is 16.5 Å². The van der Waals surface area contributed by atoms with Gasteiger partial charge in [0.25, 0.3) is 0 Å². The number of nitrogens with zero attached hydrogens (tertiary/aromatic N) is 2. The third kappa shape index (κ3) is 1.46. The first kappa shape index (κ1) is 8.74. The lowest BCUT2D eigenvalue weighted by molar-refractivity contribution is -0.137. The molecular weight excluding hydrogens is 180 g/mol. The molecule has 2 rings (SSSR count). The summed E-state index contributed by atoms with van der Waals surface area (Å²) in [6, 6.07) is 5.86. The second kappa shape index (κ2) is 3.14. The molecule has 0 bridgehead atoms. The number of rotatable bonds is 2. The number of hydrogen-bond acceptors (Lipinski definition) is 2. The highest BCUT2D eigenvalue weighted by molar-refractivity contribution is 5.80. The Kier molecular flexibility index (Phi) is 1.96. The third-order valence-electron chi connectivity index (χ3n) is 2.09. The first-order chi connectivity index (χ1) is 6.66. The van der Waals surface area contributed by atoms with Gasteiger partial charge in [0.05, 0.1) is 11.7 Å². The predicted octanol–water partition coefficient (Wildman–Crippen LogP) is 1.43. The van der Waals surface area contributed by atoms with Crippen LogP contribution in [0.5, 0.6) is 0 Å². The number of carboxylic acid groups (broad SMARTS) is 1. The molecule has 14 heavy (non-hydrogen) atoms. The highest BCUT2D eigenvalue weighted by atomic mass is 16.4. The van der Waals surface area contributed by atoms with Crippen LogP contribution in [0.15, 0.2) is 24.4 Å². The zero-order valence-corrected chi connectivity index (χ0v) is 7.77. The molecule has 0 aliphatic rings. The van der Waals surface area contributed by atoms with Gasteiger partial charge in [-0.1, -0.05) is 12.1 Å². The van der Waals surface area contributed by atoms with E-state index in [2.05, 4.69) is 5.10 Å². The number of hydrogen-bond donors (Lipinski definition) is 1. The summed E-state index contributed by atoms with van der Waals surface area (Å²) in [5.41, 5.74) is 1.97. The van der Waals surface area contributed by atoms with Gasteiger partial charge in [0, 0.05) is 5.39 Å². The minimum atomic E-state index is -0.878. The summed E-state index contributed by atoms with van der Waals surface area (Å²) in [5.74, 6) is -0.878. The van der Waals surface area contributed by atoms with Crippen molar-refractivity contribution in [3.63, 3.8) is 0 Å². The fourth-order valence-electron chi connectivity index (χ4n) is 1.43. The van der Waals surface area contributed by atoms with Gasteiger partial charge >= 0.3 is 5.97 Å². The molecule has 1 aromatic carbocycles. The first-order valence-electron chi connectivity index (χ1n) is 4.31. The molecule has 0 saturated carbocycles. The smallest absolute Gasteiger partial charge is 0.325 e. The van der Waals surface area contributed by atoms with E-state index in [1.165, 1.54) is 4.68 Å². The normalized spacial score (nSPS) is 10.6. The number of fused-ring (bicyclic) bond motifs is 1. The molecule has 1 N–H and O–H groups in total. The molecule has 0 aliphatic carbocycles. The number of benzene rings is 1. The molecule has 2 aromatic rings. The zero-order chi connectivity index (χ0) is 10.1. The molecule has 4 nitrogen and oxygen atoms in total. The van der Waals surface area contributed by atoms with Crippen LogP contribution in [0.1, 0.15) is 5.56 Å². The summed E-state index contributed by atoms with van der Waals surface area (Å²) in [7, 11) is 0. The molecule has 0 aliphatic heterocycles. The molecule has 72 valence electrons. The van der Waals surface area contributed by atoms with Crippen molar-refractivity contribution in [1.29, 1.82) is 0 Å². The van der Waals surface area contributed by atoms with Crippen molar-refractivity contribution < 1.29 is 9.90 Å². The van der Waals surface area contributed by atoms with Gasteiger partial charge < -0.3 is 5.11 Å². The van der Waals surface area contributed by atoms with Crippen LogP contribution in [0.2, 0.25) is 0 Å². The maximum Gasteiger partial charge on any atom is 0.325 e. The SMILES string of the molecule is Cc1ccc2cnn(CC(=O)O)c2c1. The van der Waals surface area contributed by atoms with E-state index in [-0.39, 0.29) is 6.54 Å². The fourth-order valence-corrected chi connectivity index (χ4v) is 1.43. The van der Waals surface area contributed by atoms with Crippen molar-refractivity contribution in [3.05, 3.63) is 30.0 Å². The van der Waals surface area contributed by atoms with Crippen LogP contribution < -0.4 is 0 Å². The zero-order valence-electron chi connectivity index (χ0n) is 7.77. The van der Waals surface area contributed by atoms with E-state index in [1.807, 2.05) is 25.1 Å². The summed E-state index contributed by atoms with van der Waals surface area (Å²) in [6.07, 6.45) is 1.68. The van der Waals surface area contributed by atoms with Gasteiger partial charge in [-0.25, -0.2) is 0 Å². The van der Waals surface area contributed by atoms with Gasteiger partial charge in [-0.05, 0) is 18.6 Å². The summed E-state index contributed by atoms with van der Waals surface area (Å²) in [5, 5.41) is 13.6. The monoisotopic (exact) mass is 190 g/mol. The molecule has 0 unspecified atom stereocenters. The summed E-state index contributed by atoms with van der Waals surface area (Å²) < 4.78 is 1.49. The number of aliphatic carboxylic acids is 1. The molecule has 1 heterocycles. The van der Waals surface area contributed by atoms with Crippen LogP contribution in [0, 0.1) is 6.92 Å². The van der Waals surface area contributed by atoms with Gasteiger partial charge in [0.2, 0.25) is 0 Å². The summed E-state index contributed by atoms with van der Waals surface area (Å²) in [6.45, 7) is 1.88. The first-order valence-corrected chi connectivity index (χ1v) is 4.31. The van der Waals surface area contributed by atoms with Crippen LogP contribution in [0.4, 0.5) is 0 Å². The molecule has 0 spiro atoms. The molecule has 4 heteroatoms. The van der Waals surface area contributed by atoms with Crippen molar-refractivity contribution in [2.24, 2.45) is 0 Å². The van der Waals surface area contributed by atoms with E-state index < -0.39 is 5.97 Å². The lowest BCUT2D eigenvalue weighted by Gasteiger charge is -1.99. The molecule has 1 aromatic heterocycles. The Morgan fingerprint density at radius 1 is 1.57 bits per heavy atom. The van der Waals surface area contributed by atoms with Gasteiger partial charge in [-0.2, -0.15) is 5.10 Å². The minimum Gasteiger partial charge on any atom is -0.480 e. The number of carboxylic acids is 1. The van der Waals surface area contributed by atoms with Crippen LogP contribution in [0.25, 0.3) is 10.9 Å². The topological polar surface area (TPSA) is 55.1 Å². The van der Waals surface area contributed by atoms with Crippen molar-refractivity contribution in [2.45, 2.75) is 13.5 Å². The maximum absolute atomic E-state index is 10.5. The van der Waals surface area contributed by atoms with E-state index in [9.17, 15) is 4.79 Å². The van der Waals surface area contributed by atoms with E-state index >= 15 is 0 Å². The van der Waals surface area contributed by atoms with Crippen molar-refractivity contribution in [1.82, 2.24) is 9.78 Å². The fraction of sp³-hybridized carbons (Fsp3) is 0.200. The second-order valence-electron chi connectivity index (χ2n) is 3.26. The molecule has 0 fully saturated rings. The molecular formula is C10H10N2O2. The lowest BCUT2D eigenvalue weighted by Crippen LogP contribution is -2.09. The van der Waals surface area contributed by atoms with Crippen LogP contribution in [0.3, 0.4) is 0 Å². The second-order valence-corrected chi connectivity index (χ2v) is 3.26. The number of aromatic nitrogens is 2.